The van der Waals surface area contributed by atoms with Crippen LogP contribution in [0, 0.1) is 0 Å². The topological polar surface area (TPSA) is 98.2 Å². The smallest absolute Gasteiger partial charge is 0.395 e. The van der Waals surface area contributed by atoms with Crippen LogP contribution in [0.1, 0.15) is 5.56 Å². The number of anilines is 1. The van der Waals surface area contributed by atoms with Gasteiger partial charge in [-0.25, -0.2) is 9.97 Å². The van der Waals surface area contributed by atoms with E-state index in [1.54, 1.807) is 12.1 Å². The van der Waals surface area contributed by atoms with Gasteiger partial charge in [-0.3, -0.25) is 5.10 Å². The molecule has 0 aromatic carbocycles. The van der Waals surface area contributed by atoms with Crippen LogP contribution in [0.25, 0.3) is 22.4 Å². The average molecular weight is 367 g/mol. The Balaban J connectivity index is 2.18. The molecule has 0 saturated carbocycles. The number of aliphatic hydroxyl groups is 2. The van der Waals surface area contributed by atoms with Crippen LogP contribution < -0.4 is 4.90 Å². The molecule has 0 saturated heterocycles. The molecule has 7 nitrogen and oxygen atoms in total. The van der Waals surface area contributed by atoms with Crippen LogP contribution in [-0.4, -0.2) is 56.7 Å². The van der Waals surface area contributed by atoms with Gasteiger partial charge in [0.05, 0.1) is 18.8 Å². The van der Waals surface area contributed by atoms with Gasteiger partial charge in [0.25, 0.3) is 0 Å². The molecule has 0 radical (unpaired) electrons. The summed E-state index contributed by atoms with van der Waals surface area (Å²) in [4.78, 5) is 9.67. The number of aromatic nitrogens is 4. The third-order valence-corrected chi connectivity index (χ3v) is 3.81. The number of fused-ring (bicyclic) bond motifs is 1. The highest BCUT2D eigenvalue weighted by atomic mass is 19.4. The highest BCUT2D eigenvalue weighted by Crippen LogP contribution is 2.38. The first kappa shape index (κ1) is 18.1. The minimum absolute atomic E-state index is 0.0372. The second kappa shape index (κ2) is 7.26. The lowest BCUT2D eigenvalue weighted by molar-refractivity contribution is -0.137. The highest BCUT2D eigenvalue weighted by Gasteiger charge is 2.36. The molecule has 10 heteroatoms. The fourth-order valence-corrected chi connectivity index (χ4v) is 2.65. The zero-order valence-electron chi connectivity index (χ0n) is 13.5. The van der Waals surface area contributed by atoms with E-state index >= 15 is 0 Å². The van der Waals surface area contributed by atoms with Crippen molar-refractivity contribution in [2.24, 2.45) is 0 Å². The fraction of sp³-hybridized carbons (Fsp3) is 0.312. The largest absolute Gasteiger partial charge is 0.418 e. The van der Waals surface area contributed by atoms with Crippen molar-refractivity contribution in [3.05, 3.63) is 36.0 Å². The van der Waals surface area contributed by atoms with Crippen LogP contribution in [-0.2, 0) is 6.18 Å². The summed E-state index contributed by atoms with van der Waals surface area (Å²) in [6, 6.07) is 5.35. The molecular weight excluding hydrogens is 351 g/mol. The fourth-order valence-electron chi connectivity index (χ4n) is 2.65. The number of nitrogens with one attached hydrogen (secondary N) is 1. The molecular formula is C16H16F3N5O2. The number of alkyl halides is 3. The molecule has 0 aliphatic carbocycles. The molecule has 3 rings (SSSR count). The highest BCUT2D eigenvalue weighted by molar-refractivity contribution is 5.90. The molecule has 0 aliphatic rings. The summed E-state index contributed by atoms with van der Waals surface area (Å²) in [5.41, 5.74) is -0.873. The summed E-state index contributed by atoms with van der Waals surface area (Å²) < 4.78 is 40.4. The number of hydrogen-bond donors (Lipinski definition) is 3. The van der Waals surface area contributed by atoms with Gasteiger partial charge in [0, 0.05) is 24.7 Å². The summed E-state index contributed by atoms with van der Waals surface area (Å²) in [6.45, 7) is -0.205. The van der Waals surface area contributed by atoms with Gasteiger partial charge in [-0.1, -0.05) is 0 Å². The SMILES string of the molecule is OCCN(CCO)c1ccc(C(F)(F)F)c(-c2n[nH]c3ncccc23)n1. The Morgan fingerprint density at radius 3 is 2.42 bits per heavy atom. The molecule has 26 heavy (non-hydrogen) atoms. The number of hydrogen-bond acceptors (Lipinski definition) is 6. The molecule has 138 valence electrons. The number of H-pyrrole nitrogens is 1. The number of aromatic amines is 1. The number of aliphatic hydroxyl groups excluding tert-OH is 2. The molecule has 3 heterocycles. The van der Waals surface area contributed by atoms with Gasteiger partial charge in [-0.15, -0.1) is 0 Å². The number of pyridine rings is 2. The number of rotatable bonds is 6. The molecule has 0 unspecified atom stereocenters. The second-order valence-corrected chi connectivity index (χ2v) is 5.47. The Kier molecular flexibility index (Phi) is 5.05. The summed E-state index contributed by atoms with van der Waals surface area (Å²) in [7, 11) is 0. The Hall–Kier alpha value is -2.72. The van der Waals surface area contributed by atoms with E-state index in [4.69, 9.17) is 10.2 Å². The Bertz CT molecular complexity index is 891. The quantitative estimate of drug-likeness (QED) is 0.615. The van der Waals surface area contributed by atoms with Crippen molar-refractivity contribution in [2.45, 2.75) is 6.18 Å². The lowest BCUT2D eigenvalue weighted by Crippen LogP contribution is -2.30. The van der Waals surface area contributed by atoms with Crippen molar-refractivity contribution in [1.29, 1.82) is 0 Å². The van der Waals surface area contributed by atoms with Gasteiger partial charge in [-0.2, -0.15) is 18.3 Å². The standard InChI is InChI=1S/C16H16F3N5O2/c17-16(18,19)11-3-4-12(24(6-8-25)7-9-26)21-14(11)13-10-2-1-5-20-15(10)23-22-13/h1-5,25-26H,6-9H2,(H,20,22,23). The van der Waals surface area contributed by atoms with Crippen LogP contribution in [0.5, 0.6) is 0 Å². The van der Waals surface area contributed by atoms with Crippen LogP contribution in [0.15, 0.2) is 30.5 Å². The normalized spacial score (nSPS) is 11.9. The van der Waals surface area contributed by atoms with E-state index in [1.165, 1.54) is 17.2 Å². The number of halogens is 3. The minimum Gasteiger partial charge on any atom is -0.395 e. The van der Waals surface area contributed by atoms with Gasteiger partial charge in [-0.05, 0) is 24.3 Å². The molecule has 0 fully saturated rings. The monoisotopic (exact) mass is 367 g/mol. The zero-order valence-corrected chi connectivity index (χ0v) is 13.5. The van der Waals surface area contributed by atoms with Crippen molar-refractivity contribution >= 4 is 16.9 Å². The van der Waals surface area contributed by atoms with Gasteiger partial charge in [0.1, 0.15) is 17.2 Å². The first-order valence-electron chi connectivity index (χ1n) is 7.80. The van der Waals surface area contributed by atoms with Crippen LogP contribution >= 0.6 is 0 Å². The Morgan fingerprint density at radius 1 is 1.04 bits per heavy atom. The molecule has 0 spiro atoms. The van der Waals surface area contributed by atoms with Crippen LogP contribution in [0.4, 0.5) is 19.0 Å². The van der Waals surface area contributed by atoms with Crippen molar-refractivity contribution in [2.75, 3.05) is 31.2 Å². The lowest BCUT2D eigenvalue weighted by atomic mass is 10.1. The van der Waals surface area contributed by atoms with E-state index in [2.05, 4.69) is 20.2 Å². The first-order valence-corrected chi connectivity index (χ1v) is 7.80. The molecule has 3 aromatic rings. The molecule has 0 atom stereocenters. The summed E-state index contributed by atoms with van der Waals surface area (Å²) in [5, 5.41) is 25.3. The third-order valence-electron chi connectivity index (χ3n) is 3.81. The summed E-state index contributed by atoms with van der Waals surface area (Å²) >= 11 is 0. The Labute approximate surface area is 146 Å². The molecule has 3 aromatic heterocycles. The molecule has 0 amide bonds. The molecule has 0 aliphatic heterocycles. The first-order chi connectivity index (χ1) is 12.5. The van der Waals surface area contributed by atoms with Crippen molar-refractivity contribution in [3.63, 3.8) is 0 Å². The molecule has 0 bridgehead atoms. The van der Waals surface area contributed by atoms with Gasteiger partial charge in [0.2, 0.25) is 0 Å². The maximum absolute atomic E-state index is 13.5. The summed E-state index contributed by atoms with van der Waals surface area (Å²) in [6.07, 6.45) is -3.11. The average Bonchev–Trinajstić information content (AvgIpc) is 3.04. The van der Waals surface area contributed by atoms with Crippen LogP contribution in [0.2, 0.25) is 0 Å². The maximum atomic E-state index is 13.5. The van der Waals surface area contributed by atoms with E-state index < -0.39 is 11.7 Å². The number of nitrogens with zero attached hydrogens (tertiary/aromatic N) is 4. The van der Waals surface area contributed by atoms with Gasteiger partial charge in [0.15, 0.2) is 5.65 Å². The van der Waals surface area contributed by atoms with Gasteiger partial charge >= 0.3 is 6.18 Å². The molecule has 3 N–H and O–H groups in total. The second-order valence-electron chi connectivity index (χ2n) is 5.47. The minimum atomic E-state index is -4.62. The lowest BCUT2D eigenvalue weighted by Gasteiger charge is -2.23. The van der Waals surface area contributed by atoms with Crippen molar-refractivity contribution in [1.82, 2.24) is 20.2 Å². The van der Waals surface area contributed by atoms with Crippen LogP contribution in [0.3, 0.4) is 0 Å². The zero-order chi connectivity index (χ0) is 18.7. The van der Waals surface area contributed by atoms with E-state index in [0.29, 0.717) is 11.0 Å². The van der Waals surface area contributed by atoms with E-state index in [1.807, 2.05) is 0 Å². The third kappa shape index (κ3) is 3.46. The van der Waals surface area contributed by atoms with Gasteiger partial charge < -0.3 is 15.1 Å². The van der Waals surface area contributed by atoms with E-state index in [9.17, 15) is 13.2 Å². The maximum Gasteiger partial charge on any atom is 0.418 e. The summed E-state index contributed by atoms with van der Waals surface area (Å²) in [5.74, 6) is 0.205. The van der Waals surface area contributed by atoms with Crippen molar-refractivity contribution < 1.29 is 23.4 Å². The Morgan fingerprint density at radius 2 is 1.77 bits per heavy atom. The van der Waals surface area contributed by atoms with E-state index in [-0.39, 0.29) is 43.5 Å². The van der Waals surface area contributed by atoms with E-state index in [0.717, 1.165) is 6.07 Å². The predicted octanol–water partition coefficient (Wildman–Crippen LogP) is 1.83. The predicted molar refractivity (Wildman–Crippen MR) is 88.5 cm³/mol. The van der Waals surface area contributed by atoms with Crippen molar-refractivity contribution in [3.8, 4) is 11.4 Å².